The third-order valence-corrected chi connectivity index (χ3v) is 6.04. The quantitative estimate of drug-likeness (QED) is 0.195. The number of methoxy groups -OCH3 is 1. The van der Waals surface area contributed by atoms with Gasteiger partial charge in [-0.15, -0.1) is 35.3 Å². The maximum Gasteiger partial charge on any atom is 0.191 e. The highest BCUT2D eigenvalue weighted by Gasteiger charge is 2.24. The standard InChI is InChI=1S/C20H37N5O2S.HI/c1-17-6-7-19(28-17)18(25-11-14-27-15-12-25)16-23-20(21-2)22-8-10-24(3)9-5-13-26-4;/h6-7,18H,5,8-16H2,1-4H3,(H2,21,22,23);1H. The maximum absolute atomic E-state index is 5.54. The van der Waals surface area contributed by atoms with Crippen molar-refractivity contribution >= 4 is 41.3 Å². The van der Waals surface area contributed by atoms with Crippen LogP contribution in [0, 0.1) is 6.92 Å². The van der Waals surface area contributed by atoms with Crippen molar-refractivity contribution in [2.75, 3.05) is 80.3 Å². The summed E-state index contributed by atoms with van der Waals surface area (Å²) in [5.41, 5.74) is 0. The van der Waals surface area contributed by atoms with Crippen LogP contribution in [0.2, 0.25) is 0 Å². The zero-order valence-electron chi connectivity index (χ0n) is 18.3. The van der Waals surface area contributed by atoms with Crippen LogP contribution in [-0.2, 0) is 9.47 Å². The van der Waals surface area contributed by atoms with Gasteiger partial charge >= 0.3 is 0 Å². The minimum Gasteiger partial charge on any atom is -0.385 e. The second-order valence-electron chi connectivity index (χ2n) is 7.14. The molecule has 0 aromatic carbocycles. The Balaban J connectivity index is 0.00000420. The smallest absolute Gasteiger partial charge is 0.191 e. The van der Waals surface area contributed by atoms with Gasteiger partial charge in [0.25, 0.3) is 0 Å². The summed E-state index contributed by atoms with van der Waals surface area (Å²) in [4.78, 5) is 12.0. The molecule has 1 fully saturated rings. The topological polar surface area (TPSA) is 61.4 Å². The molecule has 2 heterocycles. The second-order valence-corrected chi connectivity index (χ2v) is 8.46. The molecule has 1 aliphatic rings. The molecule has 1 aromatic heterocycles. The van der Waals surface area contributed by atoms with Crippen LogP contribution in [0.15, 0.2) is 17.1 Å². The summed E-state index contributed by atoms with van der Waals surface area (Å²) in [7, 11) is 5.72. The fourth-order valence-electron chi connectivity index (χ4n) is 3.30. The summed E-state index contributed by atoms with van der Waals surface area (Å²) in [5.74, 6) is 0.858. The predicted octanol–water partition coefficient (Wildman–Crippen LogP) is 2.18. The molecule has 1 unspecified atom stereocenters. The minimum absolute atomic E-state index is 0. The van der Waals surface area contributed by atoms with Gasteiger partial charge in [-0.3, -0.25) is 9.89 Å². The van der Waals surface area contributed by atoms with Crippen LogP contribution in [-0.4, -0.2) is 96.1 Å². The van der Waals surface area contributed by atoms with Gasteiger partial charge in [-0.1, -0.05) is 0 Å². The first-order valence-electron chi connectivity index (χ1n) is 10.1. The zero-order valence-corrected chi connectivity index (χ0v) is 21.4. The van der Waals surface area contributed by atoms with Gasteiger partial charge in [0.15, 0.2) is 5.96 Å². The number of thiophene rings is 1. The van der Waals surface area contributed by atoms with Crippen LogP contribution in [0.5, 0.6) is 0 Å². The van der Waals surface area contributed by atoms with Gasteiger partial charge in [0.1, 0.15) is 0 Å². The van der Waals surface area contributed by atoms with E-state index in [-0.39, 0.29) is 24.0 Å². The van der Waals surface area contributed by atoms with Gasteiger partial charge < -0.3 is 25.0 Å². The Kier molecular flexibility index (Phi) is 14.1. The number of hydrogen-bond acceptors (Lipinski definition) is 6. The first kappa shape index (κ1) is 26.6. The van der Waals surface area contributed by atoms with E-state index in [2.05, 4.69) is 51.5 Å². The Hall–Kier alpha value is -0.460. The molecular formula is C20H38IN5O2S. The Labute approximate surface area is 197 Å². The molecule has 1 saturated heterocycles. The lowest BCUT2D eigenvalue weighted by molar-refractivity contribution is 0.0177. The van der Waals surface area contributed by atoms with Crippen LogP contribution < -0.4 is 10.6 Å². The number of likely N-dealkylation sites (N-methyl/N-ethyl adjacent to an activating group) is 1. The lowest BCUT2D eigenvalue weighted by Crippen LogP contribution is -2.47. The van der Waals surface area contributed by atoms with Crippen molar-refractivity contribution in [2.45, 2.75) is 19.4 Å². The number of hydrogen-bond donors (Lipinski definition) is 2. The molecule has 0 amide bonds. The average Bonchev–Trinajstić information content (AvgIpc) is 3.13. The van der Waals surface area contributed by atoms with Crippen LogP contribution in [0.1, 0.15) is 22.2 Å². The molecule has 2 N–H and O–H groups in total. The molecule has 0 spiro atoms. The summed E-state index contributed by atoms with van der Waals surface area (Å²) in [6.07, 6.45) is 1.06. The van der Waals surface area contributed by atoms with Gasteiger partial charge in [0, 0.05) is 69.8 Å². The monoisotopic (exact) mass is 539 g/mol. The summed E-state index contributed by atoms with van der Waals surface area (Å²) >= 11 is 1.88. The number of morpholine rings is 1. The first-order valence-corrected chi connectivity index (χ1v) is 11.0. The molecule has 9 heteroatoms. The molecule has 1 aliphatic heterocycles. The Morgan fingerprint density at radius 3 is 2.69 bits per heavy atom. The fourth-order valence-corrected chi connectivity index (χ4v) is 4.31. The summed E-state index contributed by atoms with van der Waals surface area (Å²) < 4.78 is 10.7. The van der Waals surface area contributed by atoms with Crippen molar-refractivity contribution in [1.82, 2.24) is 20.4 Å². The Morgan fingerprint density at radius 1 is 1.31 bits per heavy atom. The number of nitrogens with one attached hydrogen (secondary N) is 2. The number of ether oxygens (including phenoxy) is 2. The lowest BCUT2D eigenvalue weighted by atomic mass is 10.2. The molecule has 1 aromatic rings. The number of aliphatic imine (C=N–C) groups is 1. The highest BCUT2D eigenvalue weighted by atomic mass is 127. The Morgan fingerprint density at radius 2 is 2.07 bits per heavy atom. The highest BCUT2D eigenvalue weighted by molar-refractivity contribution is 14.0. The normalized spacial score (nSPS) is 16.5. The van der Waals surface area contributed by atoms with Gasteiger partial charge in [-0.05, 0) is 32.5 Å². The van der Waals surface area contributed by atoms with Crippen molar-refractivity contribution in [3.8, 4) is 0 Å². The average molecular weight is 540 g/mol. The van der Waals surface area contributed by atoms with E-state index in [1.165, 1.54) is 9.75 Å². The molecule has 168 valence electrons. The molecule has 1 atom stereocenters. The van der Waals surface area contributed by atoms with Crippen LogP contribution >= 0.6 is 35.3 Å². The van der Waals surface area contributed by atoms with Crippen LogP contribution in [0.3, 0.4) is 0 Å². The zero-order chi connectivity index (χ0) is 20.2. The van der Waals surface area contributed by atoms with E-state index in [9.17, 15) is 0 Å². The van der Waals surface area contributed by atoms with Crippen LogP contribution in [0.25, 0.3) is 0 Å². The van der Waals surface area contributed by atoms with E-state index < -0.39 is 0 Å². The maximum atomic E-state index is 5.54. The van der Waals surface area contributed by atoms with E-state index >= 15 is 0 Å². The minimum atomic E-state index is 0. The summed E-state index contributed by atoms with van der Waals surface area (Å²) in [6, 6.07) is 4.81. The third-order valence-electron chi connectivity index (χ3n) is 4.94. The molecule has 2 rings (SSSR count). The number of nitrogens with zero attached hydrogens (tertiary/aromatic N) is 3. The van der Waals surface area contributed by atoms with Crippen LogP contribution in [0.4, 0.5) is 0 Å². The first-order chi connectivity index (χ1) is 13.6. The Bertz CT molecular complexity index is 581. The molecule has 29 heavy (non-hydrogen) atoms. The lowest BCUT2D eigenvalue weighted by Gasteiger charge is -2.34. The molecule has 7 nitrogen and oxygen atoms in total. The third kappa shape index (κ3) is 9.93. The number of guanidine groups is 1. The van der Waals surface area contributed by atoms with E-state index in [1.807, 2.05) is 18.4 Å². The van der Waals surface area contributed by atoms with E-state index in [0.717, 1.165) is 71.5 Å². The van der Waals surface area contributed by atoms with E-state index in [0.29, 0.717) is 6.04 Å². The predicted molar refractivity (Wildman–Crippen MR) is 133 cm³/mol. The number of aryl methyl sites for hydroxylation is 1. The fraction of sp³-hybridized carbons (Fsp3) is 0.750. The van der Waals surface area contributed by atoms with E-state index in [1.54, 1.807) is 7.11 Å². The molecule has 0 aliphatic carbocycles. The molecule has 0 bridgehead atoms. The second kappa shape index (κ2) is 15.4. The van der Waals surface area contributed by atoms with Crippen molar-refractivity contribution < 1.29 is 9.47 Å². The van der Waals surface area contributed by atoms with Crippen molar-refractivity contribution in [3.05, 3.63) is 21.9 Å². The highest BCUT2D eigenvalue weighted by Crippen LogP contribution is 2.27. The summed E-state index contributed by atoms with van der Waals surface area (Å²) in [6.45, 7) is 10.3. The van der Waals surface area contributed by atoms with Gasteiger partial charge in [-0.2, -0.15) is 0 Å². The molecular weight excluding hydrogens is 501 g/mol. The number of rotatable bonds is 11. The van der Waals surface area contributed by atoms with Crippen molar-refractivity contribution in [2.24, 2.45) is 4.99 Å². The van der Waals surface area contributed by atoms with Crippen molar-refractivity contribution in [1.29, 1.82) is 0 Å². The SMILES string of the molecule is CN=C(NCCN(C)CCCOC)NCC(c1ccc(C)s1)N1CCOCC1.I. The molecule has 0 radical (unpaired) electrons. The largest absolute Gasteiger partial charge is 0.385 e. The van der Waals surface area contributed by atoms with Gasteiger partial charge in [0.2, 0.25) is 0 Å². The van der Waals surface area contributed by atoms with Gasteiger partial charge in [-0.25, -0.2) is 0 Å². The number of halogens is 1. The van der Waals surface area contributed by atoms with Crippen molar-refractivity contribution in [3.63, 3.8) is 0 Å². The van der Waals surface area contributed by atoms with Gasteiger partial charge in [0.05, 0.1) is 19.3 Å². The molecule has 0 saturated carbocycles. The van der Waals surface area contributed by atoms with E-state index in [4.69, 9.17) is 9.47 Å². The summed E-state index contributed by atoms with van der Waals surface area (Å²) in [5, 5.41) is 6.96.